The van der Waals surface area contributed by atoms with Crippen LogP contribution in [0.25, 0.3) is 0 Å². The quantitative estimate of drug-likeness (QED) is 0.255. The van der Waals surface area contributed by atoms with Crippen LogP contribution >= 0.6 is 0 Å². The van der Waals surface area contributed by atoms with Crippen molar-refractivity contribution < 1.29 is 0 Å². The van der Waals surface area contributed by atoms with Crippen molar-refractivity contribution >= 4 is 17.7 Å². The van der Waals surface area contributed by atoms with Gasteiger partial charge in [-0.1, -0.05) is 0 Å². The van der Waals surface area contributed by atoms with Crippen molar-refractivity contribution in [3.05, 3.63) is 12.2 Å². The molecule has 0 radical (unpaired) electrons. The average Bonchev–Trinajstić information content (AvgIpc) is 2.44. The first kappa shape index (κ1) is 18.3. The molecule has 0 saturated heterocycles. The molecule has 1 nitrogen and oxygen atoms in total. The van der Waals surface area contributed by atoms with E-state index in [1.807, 2.05) is 0 Å². The third kappa shape index (κ3) is 7.35. The van der Waals surface area contributed by atoms with Crippen molar-refractivity contribution in [1.29, 1.82) is 0 Å². The molecule has 0 aliphatic heterocycles. The van der Waals surface area contributed by atoms with Gasteiger partial charge in [-0.3, -0.25) is 0 Å². The molecule has 0 bridgehead atoms. The predicted octanol–water partition coefficient (Wildman–Crippen LogP) is 5.12. The molecule has 0 N–H and O–H groups in total. The number of nitrogens with zero attached hydrogens (tertiary/aromatic N) is 1. The van der Waals surface area contributed by atoms with Crippen LogP contribution in [0.5, 0.6) is 0 Å². The minimum absolute atomic E-state index is 0.743. The molecule has 0 amide bonds. The Bertz CT molecular complexity index is 238. The molecular formula is C18H34LiN. The molecule has 1 aliphatic carbocycles. The van der Waals surface area contributed by atoms with E-state index in [0.29, 0.717) is 0 Å². The fourth-order valence-corrected chi connectivity index (χ4v) is 3.13. The van der Waals surface area contributed by atoms with Crippen LogP contribution in [0.1, 0.15) is 78.1 Å². The Morgan fingerprint density at radius 2 is 1.25 bits per heavy atom. The second-order valence-electron chi connectivity index (χ2n) is 6.60. The third-order valence-corrected chi connectivity index (χ3v) is 4.67. The van der Waals surface area contributed by atoms with Crippen LogP contribution in [0.3, 0.4) is 0 Å². The zero-order valence-electron chi connectivity index (χ0n) is 14.2. The summed E-state index contributed by atoms with van der Waals surface area (Å²) in [6.07, 6.45) is 18.8. The molecule has 2 atom stereocenters. The summed E-state index contributed by atoms with van der Waals surface area (Å²) in [6.45, 7) is 7.22. The first-order valence-electron chi connectivity index (χ1n) is 9.22. The maximum absolute atomic E-state index is 2.75. The van der Waals surface area contributed by atoms with Gasteiger partial charge in [0.1, 0.15) is 0 Å². The fraction of sp³-hybridized carbons (Fsp3) is 0.889. The molecule has 0 heterocycles. The molecule has 2 unspecified atom stereocenters. The molecule has 20 heavy (non-hydrogen) atoms. The van der Waals surface area contributed by atoms with Crippen molar-refractivity contribution in [2.45, 2.75) is 88.7 Å². The van der Waals surface area contributed by atoms with Gasteiger partial charge in [0.2, 0.25) is 0 Å². The van der Waals surface area contributed by atoms with Crippen molar-refractivity contribution in [2.75, 3.05) is 13.1 Å². The second-order valence-corrected chi connectivity index (χ2v) is 6.60. The summed E-state index contributed by atoms with van der Waals surface area (Å²) in [6, 6.07) is 0.743. The van der Waals surface area contributed by atoms with E-state index in [9.17, 15) is 0 Å². The molecule has 0 spiro atoms. The normalized spacial score (nSPS) is 21.4. The van der Waals surface area contributed by atoms with Crippen LogP contribution in [0.4, 0.5) is 0 Å². The molecule has 2 heteroatoms. The van der Waals surface area contributed by atoms with E-state index < -0.39 is 0 Å². The SMILES string of the molecule is [Li][CH]1C=CC1N(CCCCCCC)CCCCCCC. The first-order chi connectivity index (χ1) is 9.79. The van der Waals surface area contributed by atoms with E-state index in [0.717, 1.165) is 10.6 Å². The topological polar surface area (TPSA) is 3.24 Å². The average molecular weight is 271 g/mol. The standard InChI is InChI=1S/C18H34N.Li/c1-3-5-7-9-11-16-19(18-14-13-15-18)17-12-10-8-6-4-2;/h13-15,18H,3-12,16-17H2,1-2H3;. The molecular weight excluding hydrogens is 237 g/mol. The number of rotatable bonds is 13. The molecule has 112 valence electrons. The molecule has 0 aromatic heterocycles. The van der Waals surface area contributed by atoms with Gasteiger partial charge in [-0.2, -0.15) is 0 Å². The van der Waals surface area contributed by atoms with Crippen LogP contribution in [0, 0.1) is 0 Å². The Morgan fingerprint density at radius 3 is 1.60 bits per heavy atom. The molecule has 0 aromatic rings. The van der Waals surface area contributed by atoms with E-state index >= 15 is 0 Å². The number of hydrogen-bond donors (Lipinski definition) is 0. The summed E-state index contributed by atoms with van der Waals surface area (Å²) in [5.41, 5.74) is 0. The Hall–Kier alpha value is 0.297. The van der Waals surface area contributed by atoms with Crippen molar-refractivity contribution in [3.8, 4) is 0 Å². The Balaban J connectivity index is 2.17. The van der Waals surface area contributed by atoms with E-state index in [2.05, 4.69) is 48.6 Å². The minimum atomic E-state index is 0.743. The third-order valence-electron chi connectivity index (χ3n) is 4.67. The molecule has 1 aliphatic rings. The monoisotopic (exact) mass is 271 g/mol. The van der Waals surface area contributed by atoms with Gasteiger partial charge in [0, 0.05) is 0 Å². The summed E-state index contributed by atoms with van der Waals surface area (Å²) in [4.78, 5) is 2.75. The van der Waals surface area contributed by atoms with Gasteiger partial charge in [0.05, 0.1) is 0 Å². The molecule has 0 saturated carbocycles. The summed E-state index contributed by atoms with van der Waals surface area (Å²) >= 11 is 2.37. The van der Waals surface area contributed by atoms with Crippen LogP contribution in [0.15, 0.2) is 12.2 Å². The van der Waals surface area contributed by atoms with Gasteiger partial charge < -0.3 is 0 Å². The van der Waals surface area contributed by atoms with Crippen LogP contribution in [-0.4, -0.2) is 41.7 Å². The van der Waals surface area contributed by atoms with Gasteiger partial charge in [-0.15, -0.1) is 0 Å². The summed E-state index contributed by atoms with van der Waals surface area (Å²) in [5, 5.41) is 0. The Morgan fingerprint density at radius 1 is 0.750 bits per heavy atom. The van der Waals surface area contributed by atoms with Gasteiger partial charge >= 0.3 is 137 Å². The predicted molar refractivity (Wildman–Crippen MR) is 91.5 cm³/mol. The van der Waals surface area contributed by atoms with Crippen LogP contribution in [0.2, 0.25) is 4.59 Å². The summed E-state index contributed by atoms with van der Waals surface area (Å²) in [7, 11) is 0. The van der Waals surface area contributed by atoms with Crippen molar-refractivity contribution in [2.24, 2.45) is 0 Å². The van der Waals surface area contributed by atoms with Crippen LogP contribution < -0.4 is 0 Å². The van der Waals surface area contributed by atoms with Gasteiger partial charge in [-0.05, 0) is 0 Å². The number of hydrogen-bond acceptors (Lipinski definition) is 1. The van der Waals surface area contributed by atoms with Crippen LogP contribution in [-0.2, 0) is 0 Å². The zero-order valence-corrected chi connectivity index (χ0v) is 14.2. The van der Waals surface area contributed by atoms with Crippen molar-refractivity contribution in [1.82, 2.24) is 4.90 Å². The van der Waals surface area contributed by atoms with Crippen molar-refractivity contribution in [3.63, 3.8) is 0 Å². The first-order valence-corrected chi connectivity index (χ1v) is 9.22. The Kier molecular flexibility index (Phi) is 10.9. The second kappa shape index (κ2) is 11.9. The Labute approximate surface area is 136 Å². The summed E-state index contributed by atoms with van der Waals surface area (Å²) < 4.78 is 0.779. The van der Waals surface area contributed by atoms with Gasteiger partial charge in [-0.25, -0.2) is 0 Å². The maximum atomic E-state index is 2.75. The molecule has 0 fully saturated rings. The van der Waals surface area contributed by atoms with E-state index in [-0.39, 0.29) is 0 Å². The summed E-state index contributed by atoms with van der Waals surface area (Å²) in [5.74, 6) is 0. The van der Waals surface area contributed by atoms with E-state index in [1.165, 1.54) is 77.3 Å². The van der Waals surface area contributed by atoms with Gasteiger partial charge in [0.25, 0.3) is 0 Å². The molecule has 1 rings (SSSR count). The van der Waals surface area contributed by atoms with E-state index in [4.69, 9.17) is 0 Å². The van der Waals surface area contributed by atoms with E-state index in [1.54, 1.807) is 0 Å². The fourth-order valence-electron chi connectivity index (χ4n) is 3.13. The van der Waals surface area contributed by atoms with Gasteiger partial charge in [0.15, 0.2) is 0 Å². The zero-order chi connectivity index (χ0) is 14.6. The molecule has 0 aromatic carbocycles. The number of unbranched alkanes of at least 4 members (excludes halogenated alkanes) is 8.